The van der Waals surface area contributed by atoms with Gasteiger partial charge in [-0.05, 0) is 76.5 Å². The number of rotatable bonds is 6. The van der Waals surface area contributed by atoms with Crippen molar-refractivity contribution in [2.45, 2.75) is 58.2 Å². The van der Waals surface area contributed by atoms with E-state index in [9.17, 15) is 9.59 Å². The van der Waals surface area contributed by atoms with E-state index >= 15 is 0 Å². The Balaban J connectivity index is 1.47. The molecule has 4 rings (SSSR count). The molecule has 2 amide bonds. The van der Waals surface area contributed by atoms with Gasteiger partial charge < -0.3 is 9.73 Å². The number of piperidine rings is 1. The first kappa shape index (κ1) is 23.5. The lowest BCUT2D eigenvalue weighted by Gasteiger charge is -2.36. The van der Waals surface area contributed by atoms with E-state index < -0.39 is 0 Å². The van der Waals surface area contributed by atoms with Crippen molar-refractivity contribution in [2.75, 3.05) is 13.1 Å². The molecule has 1 aromatic heterocycles. The minimum Gasteiger partial charge on any atom is -0.467 e. The fourth-order valence-corrected chi connectivity index (χ4v) is 4.66. The van der Waals surface area contributed by atoms with Gasteiger partial charge in [0.25, 0.3) is 5.91 Å². The van der Waals surface area contributed by atoms with Gasteiger partial charge in [-0.1, -0.05) is 23.7 Å². The summed E-state index contributed by atoms with van der Waals surface area (Å²) in [6.07, 6.45) is 3.69. The maximum Gasteiger partial charge on any atom is 0.260 e. The van der Waals surface area contributed by atoms with Crippen molar-refractivity contribution < 1.29 is 14.0 Å². The maximum atomic E-state index is 13.6. The average molecular weight is 471 g/mol. The molecule has 0 radical (unpaired) electrons. The zero-order chi connectivity index (χ0) is 23.5. The van der Waals surface area contributed by atoms with Crippen molar-refractivity contribution in [3.8, 4) is 0 Å². The smallest absolute Gasteiger partial charge is 0.260 e. The van der Waals surface area contributed by atoms with Crippen LogP contribution in [-0.4, -0.2) is 52.6 Å². The number of carbonyl (C=O) groups is 2. The summed E-state index contributed by atoms with van der Waals surface area (Å²) in [5, 5.41) is 9.96. The molecule has 8 heteroatoms. The number of nitrogens with zero attached hydrogens (tertiary/aromatic N) is 3. The predicted molar refractivity (Wildman–Crippen MR) is 128 cm³/mol. The largest absolute Gasteiger partial charge is 0.467 e. The van der Waals surface area contributed by atoms with E-state index in [1.165, 1.54) is 0 Å². The molecule has 176 valence electrons. The van der Waals surface area contributed by atoms with E-state index in [1.807, 2.05) is 57.2 Å². The number of halogens is 1. The van der Waals surface area contributed by atoms with Gasteiger partial charge in [0.05, 0.1) is 18.0 Å². The summed E-state index contributed by atoms with van der Waals surface area (Å²) >= 11 is 6.04. The lowest BCUT2D eigenvalue weighted by atomic mass is 9.94. The predicted octanol–water partition coefficient (Wildman–Crippen LogP) is 4.24. The van der Waals surface area contributed by atoms with Crippen molar-refractivity contribution in [3.05, 3.63) is 59.0 Å². The van der Waals surface area contributed by atoms with Crippen molar-refractivity contribution in [1.29, 1.82) is 0 Å². The highest BCUT2D eigenvalue weighted by Crippen LogP contribution is 2.34. The first-order valence-electron chi connectivity index (χ1n) is 11.6. The number of furan rings is 1. The minimum atomic E-state index is -0.343. The van der Waals surface area contributed by atoms with Crippen LogP contribution in [0.1, 0.15) is 57.4 Å². The summed E-state index contributed by atoms with van der Waals surface area (Å²) in [5.74, 6) is 0.763. The number of carbonyl (C=O) groups excluding carboxylic acids is 2. The summed E-state index contributed by atoms with van der Waals surface area (Å²) < 4.78 is 5.65. The SMILES string of the molecule is CC(C)NC(=O)C1CCN(C(C)C(=O)N2N=C(c3ccc(Cl)cc3)CC2c2ccco2)CC1. The highest BCUT2D eigenvalue weighted by molar-refractivity contribution is 6.30. The molecule has 0 spiro atoms. The van der Waals surface area contributed by atoms with Gasteiger partial charge in [0.1, 0.15) is 11.8 Å². The van der Waals surface area contributed by atoms with Gasteiger partial charge in [0.2, 0.25) is 5.91 Å². The second-order valence-electron chi connectivity index (χ2n) is 9.12. The second kappa shape index (κ2) is 10.1. The fourth-order valence-electron chi connectivity index (χ4n) is 4.53. The molecule has 33 heavy (non-hydrogen) atoms. The molecule has 0 aliphatic carbocycles. The van der Waals surface area contributed by atoms with Crippen LogP contribution in [0, 0.1) is 5.92 Å². The monoisotopic (exact) mass is 470 g/mol. The molecule has 0 bridgehead atoms. The van der Waals surface area contributed by atoms with Crippen molar-refractivity contribution in [2.24, 2.45) is 11.0 Å². The number of hydrogen-bond acceptors (Lipinski definition) is 5. The molecule has 1 N–H and O–H groups in total. The first-order chi connectivity index (χ1) is 15.8. The van der Waals surface area contributed by atoms with Gasteiger partial charge in [-0.15, -0.1) is 0 Å². The van der Waals surface area contributed by atoms with Gasteiger partial charge >= 0.3 is 0 Å². The molecule has 2 atom stereocenters. The van der Waals surface area contributed by atoms with Crippen LogP contribution in [-0.2, 0) is 9.59 Å². The third-order valence-corrected chi connectivity index (χ3v) is 6.67. The van der Waals surface area contributed by atoms with Crippen LogP contribution >= 0.6 is 11.6 Å². The van der Waals surface area contributed by atoms with Crippen LogP contribution in [0.5, 0.6) is 0 Å². The standard InChI is InChI=1S/C25H31ClN4O3/c1-16(2)27-24(31)19-10-12-29(13-11-19)17(3)25(32)30-22(23-5-4-14-33-23)15-21(28-30)18-6-8-20(26)9-7-18/h4-9,14,16-17,19,22H,10-13,15H2,1-3H3,(H,27,31). The van der Waals surface area contributed by atoms with E-state index in [4.69, 9.17) is 21.1 Å². The van der Waals surface area contributed by atoms with Gasteiger partial charge in [-0.3, -0.25) is 14.5 Å². The van der Waals surface area contributed by atoms with E-state index in [0.29, 0.717) is 30.3 Å². The van der Waals surface area contributed by atoms with E-state index in [2.05, 4.69) is 10.2 Å². The summed E-state index contributed by atoms with van der Waals surface area (Å²) in [5.41, 5.74) is 1.77. The van der Waals surface area contributed by atoms with Crippen molar-refractivity contribution in [3.63, 3.8) is 0 Å². The van der Waals surface area contributed by atoms with Gasteiger partial charge in [-0.2, -0.15) is 5.10 Å². The first-order valence-corrected chi connectivity index (χ1v) is 12.0. The van der Waals surface area contributed by atoms with E-state index in [1.54, 1.807) is 11.3 Å². The zero-order valence-corrected chi connectivity index (χ0v) is 20.1. The minimum absolute atomic E-state index is 0.00290. The summed E-state index contributed by atoms with van der Waals surface area (Å²) in [4.78, 5) is 28.1. The Kier molecular flexibility index (Phi) is 7.20. The summed E-state index contributed by atoms with van der Waals surface area (Å²) in [6, 6.07) is 10.7. The van der Waals surface area contributed by atoms with Gasteiger partial charge in [0, 0.05) is 23.4 Å². The molecule has 0 saturated carbocycles. The van der Waals surface area contributed by atoms with Gasteiger partial charge in [0.15, 0.2) is 0 Å². The number of benzene rings is 1. The Morgan fingerprint density at radius 3 is 2.42 bits per heavy atom. The number of hydrogen-bond donors (Lipinski definition) is 1. The third-order valence-electron chi connectivity index (χ3n) is 6.42. The summed E-state index contributed by atoms with van der Waals surface area (Å²) in [6.45, 7) is 7.27. The lowest BCUT2D eigenvalue weighted by molar-refractivity contribution is -0.139. The van der Waals surface area contributed by atoms with Crippen LogP contribution in [0.15, 0.2) is 52.2 Å². The second-order valence-corrected chi connectivity index (χ2v) is 9.56. The highest BCUT2D eigenvalue weighted by atomic mass is 35.5. The third kappa shape index (κ3) is 5.31. The van der Waals surface area contributed by atoms with Crippen LogP contribution in [0.25, 0.3) is 0 Å². The number of hydrazone groups is 1. The molecule has 1 saturated heterocycles. The van der Waals surface area contributed by atoms with Crippen LogP contribution < -0.4 is 5.32 Å². The molecule has 1 aromatic carbocycles. The highest BCUT2D eigenvalue weighted by Gasteiger charge is 2.39. The zero-order valence-electron chi connectivity index (χ0n) is 19.3. The molecule has 2 aromatic rings. The van der Waals surface area contributed by atoms with Crippen molar-refractivity contribution >= 4 is 29.1 Å². The van der Waals surface area contributed by atoms with E-state index in [0.717, 1.165) is 24.1 Å². The topological polar surface area (TPSA) is 78.2 Å². The van der Waals surface area contributed by atoms with Crippen molar-refractivity contribution in [1.82, 2.24) is 15.2 Å². The molecule has 7 nitrogen and oxygen atoms in total. The number of likely N-dealkylation sites (tertiary alicyclic amines) is 1. The Labute approximate surface area is 199 Å². The quantitative estimate of drug-likeness (QED) is 0.685. The molecule has 2 aliphatic heterocycles. The fraction of sp³-hybridized carbons (Fsp3) is 0.480. The molecule has 2 aliphatic rings. The Morgan fingerprint density at radius 1 is 1.12 bits per heavy atom. The molecule has 3 heterocycles. The lowest BCUT2D eigenvalue weighted by Crippen LogP contribution is -2.50. The molecular formula is C25H31ClN4O3. The molecule has 2 unspecified atom stereocenters. The van der Waals surface area contributed by atoms with Crippen LogP contribution in [0.2, 0.25) is 5.02 Å². The average Bonchev–Trinajstić information content (AvgIpc) is 3.48. The van der Waals surface area contributed by atoms with Crippen LogP contribution in [0.3, 0.4) is 0 Å². The maximum absolute atomic E-state index is 13.6. The molecular weight excluding hydrogens is 440 g/mol. The van der Waals surface area contributed by atoms with Gasteiger partial charge in [-0.25, -0.2) is 5.01 Å². The molecule has 1 fully saturated rings. The number of amides is 2. The van der Waals surface area contributed by atoms with E-state index in [-0.39, 0.29) is 35.9 Å². The Morgan fingerprint density at radius 2 is 1.82 bits per heavy atom. The van der Waals surface area contributed by atoms with Crippen LogP contribution in [0.4, 0.5) is 0 Å². The Bertz CT molecular complexity index is 995. The number of nitrogens with one attached hydrogen (secondary N) is 1. The normalized spacial score (nSPS) is 20.7. The Hall–Kier alpha value is -2.64. The summed E-state index contributed by atoms with van der Waals surface area (Å²) in [7, 11) is 0.